The summed E-state index contributed by atoms with van der Waals surface area (Å²) in [6, 6.07) is 2.12. The zero-order valence-electron chi connectivity index (χ0n) is 9.32. The van der Waals surface area contributed by atoms with Gasteiger partial charge in [0.15, 0.2) is 11.5 Å². The summed E-state index contributed by atoms with van der Waals surface area (Å²) >= 11 is 0. The van der Waals surface area contributed by atoms with Crippen molar-refractivity contribution in [3.05, 3.63) is 23.9 Å². The quantitative estimate of drug-likeness (QED) is 0.864. The van der Waals surface area contributed by atoms with Crippen molar-refractivity contribution in [1.29, 1.82) is 0 Å². The van der Waals surface area contributed by atoms with Gasteiger partial charge in [-0.1, -0.05) is 5.16 Å². The fourth-order valence-electron chi connectivity index (χ4n) is 1.91. The molecule has 5 nitrogen and oxygen atoms in total. The third kappa shape index (κ3) is 1.76. The molecule has 2 aromatic rings. The molecular weight excluding hydrogens is 265 g/mol. The van der Waals surface area contributed by atoms with Gasteiger partial charge in [-0.2, -0.15) is 13.2 Å². The lowest BCUT2D eigenvalue weighted by molar-refractivity contribution is -0.137. The second kappa shape index (κ2) is 3.81. The Labute approximate surface area is 104 Å². The first-order valence-electron chi connectivity index (χ1n) is 5.19. The van der Waals surface area contributed by atoms with Crippen molar-refractivity contribution < 1.29 is 27.2 Å². The summed E-state index contributed by atoms with van der Waals surface area (Å²) in [7, 11) is 0. The minimum absolute atomic E-state index is 0.00951. The van der Waals surface area contributed by atoms with Gasteiger partial charge in [0.2, 0.25) is 12.7 Å². The number of hydrogen-bond donors (Lipinski definition) is 1. The van der Waals surface area contributed by atoms with Crippen LogP contribution in [0.15, 0.2) is 22.9 Å². The van der Waals surface area contributed by atoms with Crippen molar-refractivity contribution >= 4 is 5.88 Å². The lowest BCUT2D eigenvalue weighted by Crippen LogP contribution is -2.08. The minimum Gasteiger partial charge on any atom is -0.454 e. The van der Waals surface area contributed by atoms with E-state index >= 15 is 0 Å². The Bertz CT molecular complexity index is 637. The molecule has 19 heavy (non-hydrogen) atoms. The van der Waals surface area contributed by atoms with Crippen LogP contribution in [0.5, 0.6) is 11.5 Å². The van der Waals surface area contributed by atoms with Gasteiger partial charge in [0.05, 0.1) is 17.3 Å². The summed E-state index contributed by atoms with van der Waals surface area (Å²) in [6.45, 7) is -0.144. The number of benzene rings is 1. The monoisotopic (exact) mass is 272 g/mol. The Kier molecular flexibility index (Phi) is 2.34. The molecule has 0 saturated heterocycles. The maximum atomic E-state index is 13.1. The molecule has 0 spiro atoms. The van der Waals surface area contributed by atoms with Crippen LogP contribution in [0.1, 0.15) is 5.56 Å². The van der Waals surface area contributed by atoms with Crippen molar-refractivity contribution in [2.45, 2.75) is 6.18 Å². The summed E-state index contributed by atoms with van der Waals surface area (Å²) < 4.78 is 53.9. The van der Waals surface area contributed by atoms with Gasteiger partial charge in [-0.05, 0) is 12.1 Å². The van der Waals surface area contributed by atoms with Gasteiger partial charge in [-0.3, -0.25) is 0 Å². The van der Waals surface area contributed by atoms with E-state index in [1.807, 2.05) is 0 Å². The van der Waals surface area contributed by atoms with E-state index in [0.717, 1.165) is 12.3 Å². The standard InChI is InChI=1S/C11H7F3N2O3/c12-11(13,14)6-1-2-7-9(18-4-17-7)8(6)5-3-16-19-10(5)15/h1-3H,4,15H2. The van der Waals surface area contributed by atoms with Crippen molar-refractivity contribution in [3.63, 3.8) is 0 Å². The van der Waals surface area contributed by atoms with Gasteiger partial charge in [0, 0.05) is 5.56 Å². The minimum atomic E-state index is -4.56. The molecule has 1 aliphatic heterocycles. The maximum absolute atomic E-state index is 13.1. The van der Waals surface area contributed by atoms with Crippen LogP contribution in [0.2, 0.25) is 0 Å². The second-order valence-corrected chi connectivity index (χ2v) is 3.82. The molecule has 0 aliphatic carbocycles. The summed E-state index contributed by atoms with van der Waals surface area (Å²) in [5.41, 5.74) is 4.40. The second-order valence-electron chi connectivity index (χ2n) is 3.82. The highest BCUT2D eigenvalue weighted by atomic mass is 19.4. The smallest absolute Gasteiger partial charge is 0.417 e. The highest BCUT2D eigenvalue weighted by Gasteiger charge is 2.38. The van der Waals surface area contributed by atoms with Crippen LogP contribution in [0.3, 0.4) is 0 Å². The first kappa shape index (κ1) is 11.7. The molecule has 0 unspecified atom stereocenters. The van der Waals surface area contributed by atoms with Gasteiger partial charge >= 0.3 is 6.18 Å². The number of nitrogen functional groups attached to an aromatic ring is 1. The van der Waals surface area contributed by atoms with Crippen LogP contribution in [0.25, 0.3) is 11.1 Å². The molecule has 2 heterocycles. The van der Waals surface area contributed by atoms with Gasteiger partial charge in [0.25, 0.3) is 0 Å². The highest BCUT2D eigenvalue weighted by molar-refractivity contribution is 5.83. The summed E-state index contributed by atoms with van der Waals surface area (Å²) in [5, 5.41) is 3.38. The number of aromatic nitrogens is 1. The Morgan fingerprint density at radius 3 is 2.63 bits per heavy atom. The molecule has 1 aromatic heterocycles. The van der Waals surface area contributed by atoms with Gasteiger partial charge < -0.3 is 19.7 Å². The predicted octanol–water partition coefficient (Wildman–Crippen LogP) is 2.67. The van der Waals surface area contributed by atoms with Gasteiger partial charge in [-0.25, -0.2) is 0 Å². The first-order chi connectivity index (χ1) is 8.98. The van der Waals surface area contributed by atoms with Crippen LogP contribution < -0.4 is 15.2 Å². The number of fused-ring (bicyclic) bond motifs is 1. The number of ether oxygens (including phenoxy) is 2. The van der Waals surface area contributed by atoms with Gasteiger partial charge in [0.1, 0.15) is 0 Å². The summed E-state index contributed by atoms with van der Waals surface area (Å²) in [5.74, 6) is 0.00252. The number of hydrogen-bond acceptors (Lipinski definition) is 5. The van der Waals surface area contributed by atoms with E-state index in [-0.39, 0.29) is 35.3 Å². The molecule has 0 radical (unpaired) electrons. The van der Waals surface area contributed by atoms with Crippen LogP contribution in [-0.4, -0.2) is 11.9 Å². The molecule has 0 amide bonds. The van der Waals surface area contributed by atoms with E-state index in [2.05, 4.69) is 9.68 Å². The van der Waals surface area contributed by atoms with Crippen molar-refractivity contribution in [3.8, 4) is 22.6 Å². The number of anilines is 1. The van der Waals surface area contributed by atoms with E-state index in [1.54, 1.807) is 0 Å². The Hall–Kier alpha value is -2.38. The van der Waals surface area contributed by atoms with Crippen molar-refractivity contribution in [2.24, 2.45) is 0 Å². The molecule has 8 heteroatoms. The molecule has 1 aromatic carbocycles. The van der Waals surface area contributed by atoms with Crippen LogP contribution in [0, 0.1) is 0 Å². The Morgan fingerprint density at radius 2 is 2.00 bits per heavy atom. The maximum Gasteiger partial charge on any atom is 0.417 e. The number of rotatable bonds is 1. The lowest BCUT2D eigenvalue weighted by atomic mass is 9.99. The molecule has 3 rings (SSSR count). The topological polar surface area (TPSA) is 70.5 Å². The average molecular weight is 272 g/mol. The normalized spacial score (nSPS) is 13.8. The molecule has 0 saturated carbocycles. The molecule has 1 aliphatic rings. The van der Waals surface area contributed by atoms with Crippen LogP contribution >= 0.6 is 0 Å². The number of nitrogens with two attached hydrogens (primary N) is 1. The highest BCUT2D eigenvalue weighted by Crippen LogP contribution is 2.49. The predicted molar refractivity (Wildman–Crippen MR) is 57.5 cm³/mol. The van der Waals surface area contributed by atoms with E-state index in [0.29, 0.717) is 0 Å². The van der Waals surface area contributed by atoms with E-state index in [9.17, 15) is 13.2 Å². The third-order valence-electron chi connectivity index (χ3n) is 2.71. The van der Waals surface area contributed by atoms with Gasteiger partial charge in [-0.15, -0.1) is 0 Å². The Balaban J connectivity index is 2.32. The van der Waals surface area contributed by atoms with Crippen LogP contribution in [-0.2, 0) is 6.18 Å². The molecule has 100 valence electrons. The molecular formula is C11H7F3N2O3. The van der Waals surface area contributed by atoms with Crippen molar-refractivity contribution in [1.82, 2.24) is 5.16 Å². The molecule has 2 N–H and O–H groups in total. The number of nitrogens with zero attached hydrogens (tertiary/aromatic N) is 1. The van der Waals surface area contributed by atoms with Crippen LogP contribution in [0.4, 0.5) is 19.1 Å². The fourth-order valence-corrected chi connectivity index (χ4v) is 1.91. The zero-order chi connectivity index (χ0) is 13.6. The number of alkyl halides is 3. The van der Waals surface area contributed by atoms with E-state index < -0.39 is 11.7 Å². The SMILES string of the molecule is Nc1oncc1-c1c(C(F)(F)F)ccc2c1OCO2. The summed E-state index contributed by atoms with van der Waals surface area (Å²) in [6.07, 6.45) is -3.44. The average Bonchev–Trinajstić information content (AvgIpc) is 2.94. The molecule has 0 atom stereocenters. The van der Waals surface area contributed by atoms with E-state index in [4.69, 9.17) is 15.2 Å². The third-order valence-corrected chi connectivity index (χ3v) is 2.71. The zero-order valence-corrected chi connectivity index (χ0v) is 9.32. The van der Waals surface area contributed by atoms with E-state index in [1.165, 1.54) is 6.07 Å². The number of halogens is 3. The largest absolute Gasteiger partial charge is 0.454 e. The van der Waals surface area contributed by atoms with Crippen molar-refractivity contribution in [2.75, 3.05) is 12.5 Å². The molecule has 0 fully saturated rings. The Morgan fingerprint density at radius 1 is 1.21 bits per heavy atom. The first-order valence-corrected chi connectivity index (χ1v) is 5.19. The lowest BCUT2D eigenvalue weighted by Gasteiger charge is -2.13. The molecule has 0 bridgehead atoms. The summed E-state index contributed by atoms with van der Waals surface area (Å²) in [4.78, 5) is 0. The fraction of sp³-hybridized carbons (Fsp3) is 0.182.